The van der Waals surface area contributed by atoms with Crippen molar-refractivity contribution in [1.29, 1.82) is 0 Å². The third-order valence-corrected chi connectivity index (χ3v) is 5.31. The van der Waals surface area contributed by atoms with Gasteiger partial charge in [-0.25, -0.2) is 8.42 Å². The maximum Gasteiger partial charge on any atom is 0.307 e. The van der Waals surface area contributed by atoms with Gasteiger partial charge in [-0.3, -0.25) is 4.79 Å². The Morgan fingerprint density at radius 1 is 0.893 bits per heavy atom. The lowest BCUT2D eigenvalue weighted by molar-refractivity contribution is -0.136. The number of hydrogen-bond donors (Lipinski definition) is 1. The lowest BCUT2D eigenvalue weighted by Gasteiger charge is -2.11. The monoisotopic (exact) mass is 396 g/mol. The molecule has 0 fully saturated rings. The molecular formula is C22H20O5S. The molecule has 0 saturated heterocycles. The van der Waals surface area contributed by atoms with Crippen LogP contribution in [0.15, 0.2) is 77.7 Å². The topological polar surface area (TPSA) is 80.7 Å². The molecule has 0 amide bonds. The molecule has 0 atom stereocenters. The second-order valence-corrected chi connectivity index (χ2v) is 8.52. The summed E-state index contributed by atoms with van der Waals surface area (Å²) < 4.78 is 29.2. The minimum atomic E-state index is -3.28. The van der Waals surface area contributed by atoms with E-state index in [0.29, 0.717) is 17.9 Å². The van der Waals surface area contributed by atoms with Gasteiger partial charge in [0.1, 0.15) is 12.4 Å². The summed E-state index contributed by atoms with van der Waals surface area (Å²) >= 11 is 0. The number of carboxylic acids is 1. The minimum absolute atomic E-state index is 0.128. The van der Waals surface area contributed by atoms with Gasteiger partial charge in [0.15, 0.2) is 9.84 Å². The van der Waals surface area contributed by atoms with Gasteiger partial charge in [0.2, 0.25) is 0 Å². The van der Waals surface area contributed by atoms with E-state index in [4.69, 9.17) is 9.84 Å². The maximum absolute atomic E-state index is 11.6. The van der Waals surface area contributed by atoms with Crippen LogP contribution in [0, 0.1) is 0 Å². The van der Waals surface area contributed by atoms with Crippen molar-refractivity contribution in [1.82, 2.24) is 0 Å². The fourth-order valence-corrected chi connectivity index (χ4v) is 3.45. The molecule has 6 heteroatoms. The van der Waals surface area contributed by atoms with E-state index in [9.17, 15) is 13.2 Å². The quantitative estimate of drug-likeness (QED) is 0.654. The minimum Gasteiger partial charge on any atom is -0.489 e. The van der Waals surface area contributed by atoms with Gasteiger partial charge < -0.3 is 9.84 Å². The molecular weight excluding hydrogens is 376 g/mol. The average molecular weight is 396 g/mol. The molecule has 3 aromatic carbocycles. The zero-order chi connectivity index (χ0) is 20.1. The van der Waals surface area contributed by atoms with Crippen molar-refractivity contribution < 1.29 is 23.1 Å². The van der Waals surface area contributed by atoms with Crippen molar-refractivity contribution >= 4 is 15.8 Å². The first-order valence-electron chi connectivity index (χ1n) is 8.64. The number of carboxylic acid groups (broad SMARTS) is 1. The Balaban J connectivity index is 1.92. The van der Waals surface area contributed by atoms with Gasteiger partial charge in [-0.05, 0) is 46.5 Å². The molecule has 0 aliphatic rings. The fraction of sp³-hybridized carbons (Fsp3) is 0.136. The van der Waals surface area contributed by atoms with Crippen LogP contribution in [0.2, 0.25) is 0 Å². The smallest absolute Gasteiger partial charge is 0.307 e. The number of rotatable bonds is 7. The third-order valence-electron chi connectivity index (χ3n) is 4.19. The van der Waals surface area contributed by atoms with Crippen LogP contribution < -0.4 is 4.74 Å². The highest BCUT2D eigenvalue weighted by Gasteiger charge is 2.10. The highest BCUT2D eigenvalue weighted by molar-refractivity contribution is 7.90. The average Bonchev–Trinajstić information content (AvgIpc) is 2.66. The number of hydrogen-bond acceptors (Lipinski definition) is 4. The van der Waals surface area contributed by atoms with Gasteiger partial charge in [-0.15, -0.1) is 0 Å². The van der Waals surface area contributed by atoms with Crippen molar-refractivity contribution in [2.45, 2.75) is 17.9 Å². The molecule has 1 N–H and O–H groups in total. The van der Waals surface area contributed by atoms with Crippen LogP contribution in [0.4, 0.5) is 0 Å². The maximum atomic E-state index is 11.6. The van der Waals surface area contributed by atoms with Crippen molar-refractivity contribution in [3.63, 3.8) is 0 Å². The van der Waals surface area contributed by atoms with Crippen molar-refractivity contribution in [2.24, 2.45) is 0 Å². The van der Waals surface area contributed by atoms with Gasteiger partial charge in [-0.1, -0.05) is 48.5 Å². The van der Waals surface area contributed by atoms with Crippen LogP contribution in [-0.2, 0) is 27.7 Å². The zero-order valence-corrected chi connectivity index (χ0v) is 16.1. The van der Waals surface area contributed by atoms with Crippen LogP contribution in [0.5, 0.6) is 5.75 Å². The van der Waals surface area contributed by atoms with Crippen LogP contribution in [0.3, 0.4) is 0 Å². The van der Waals surface area contributed by atoms with E-state index < -0.39 is 15.8 Å². The number of benzene rings is 3. The summed E-state index contributed by atoms with van der Waals surface area (Å²) in [6.45, 7) is 0.365. The molecule has 0 saturated carbocycles. The largest absolute Gasteiger partial charge is 0.489 e. The van der Waals surface area contributed by atoms with Crippen molar-refractivity contribution in [2.75, 3.05) is 6.26 Å². The standard InChI is InChI=1S/C22H20O5S/c1-28(25,26)21-9-7-18(8-10-21)19-11-17(13-22(23)24)12-20(14-19)27-15-16-5-3-2-4-6-16/h2-12,14H,13,15H2,1H3,(H,23,24). The van der Waals surface area contributed by atoms with E-state index in [1.54, 1.807) is 36.4 Å². The molecule has 0 bridgehead atoms. The SMILES string of the molecule is CS(=O)(=O)c1ccc(-c2cc(CC(=O)O)cc(OCc3ccccc3)c2)cc1. The molecule has 3 rings (SSSR count). The molecule has 0 unspecified atom stereocenters. The van der Waals surface area contributed by atoms with Gasteiger partial charge in [-0.2, -0.15) is 0 Å². The van der Waals surface area contributed by atoms with E-state index in [-0.39, 0.29) is 11.3 Å². The summed E-state index contributed by atoms with van der Waals surface area (Å²) in [5, 5.41) is 9.15. The molecule has 0 aliphatic heterocycles. The molecule has 0 spiro atoms. The summed E-state index contributed by atoms with van der Waals surface area (Å²) in [4.78, 5) is 11.4. The number of carbonyl (C=O) groups is 1. The first-order valence-corrected chi connectivity index (χ1v) is 10.5. The Labute approximate surface area is 164 Å². The molecule has 0 aliphatic carbocycles. The first kappa shape index (κ1) is 19.6. The summed E-state index contributed by atoms with van der Waals surface area (Å²) in [6.07, 6.45) is 1.03. The molecule has 0 radical (unpaired) electrons. The fourth-order valence-electron chi connectivity index (χ4n) is 2.82. The number of sulfone groups is 1. The number of aliphatic carboxylic acids is 1. The van der Waals surface area contributed by atoms with Gasteiger partial charge in [0.25, 0.3) is 0 Å². The summed E-state index contributed by atoms with van der Waals surface area (Å²) in [6, 6.07) is 21.5. The first-order chi connectivity index (χ1) is 13.3. The Kier molecular flexibility index (Phi) is 5.80. The normalized spacial score (nSPS) is 11.2. The molecule has 5 nitrogen and oxygen atoms in total. The number of ether oxygens (including phenoxy) is 1. The van der Waals surface area contributed by atoms with Gasteiger partial charge in [0, 0.05) is 6.26 Å². The van der Waals surface area contributed by atoms with Crippen molar-refractivity contribution in [3.05, 3.63) is 83.9 Å². The van der Waals surface area contributed by atoms with Crippen LogP contribution in [-0.4, -0.2) is 25.7 Å². The van der Waals surface area contributed by atoms with E-state index in [0.717, 1.165) is 22.9 Å². The van der Waals surface area contributed by atoms with Crippen molar-refractivity contribution in [3.8, 4) is 16.9 Å². The van der Waals surface area contributed by atoms with E-state index in [1.807, 2.05) is 36.4 Å². The lowest BCUT2D eigenvalue weighted by atomic mass is 10.0. The molecule has 144 valence electrons. The predicted molar refractivity (Wildman–Crippen MR) is 107 cm³/mol. The molecule has 28 heavy (non-hydrogen) atoms. The third kappa shape index (κ3) is 5.20. The lowest BCUT2D eigenvalue weighted by Crippen LogP contribution is -2.02. The van der Waals surface area contributed by atoms with Crippen LogP contribution in [0.1, 0.15) is 11.1 Å². The molecule has 0 aromatic heterocycles. The van der Waals surface area contributed by atoms with Crippen LogP contribution >= 0.6 is 0 Å². The summed E-state index contributed by atoms with van der Waals surface area (Å²) in [5.41, 5.74) is 3.16. The molecule has 0 heterocycles. The van der Waals surface area contributed by atoms with Gasteiger partial charge >= 0.3 is 5.97 Å². The second-order valence-electron chi connectivity index (χ2n) is 6.51. The Bertz CT molecular complexity index is 1070. The predicted octanol–water partition coefficient (Wildman–Crippen LogP) is 3.96. The summed E-state index contributed by atoms with van der Waals surface area (Å²) in [7, 11) is -3.28. The zero-order valence-electron chi connectivity index (χ0n) is 15.3. The van der Waals surface area contributed by atoms with Crippen LogP contribution in [0.25, 0.3) is 11.1 Å². The Morgan fingerprint density at radius 2 is 1.57 bits per heavy atom. The highest BCUT2D eigenvalue weighted by Crippen LogP contribution is 2.28. The van der Waals surface area contributed by atoms with E-state index in [2.05, 4.69) is 0 Å². The van der Waals surface area contributed by atoms with E-state index in [1.165, 1.54) is 0 Å². The Morgan fingerprint density at radius 3 is 2.18 bits per heavy atom. The summed E-state index contributed by atoms with van der Waals surface area (Å²) in [5.74, 6) is -0.372. The Hall–Kier alpha value is -3.12. The second kappa shape index (κ2) is 8.27. The highest BCUT2D eigenvalue weighted by atomic mass is 32.2. The molecule has 3 aromatic rings. The van der Waals surface area contributed by atoms with Gasteiger partial charge in [0.05, 0.1) is 11.3 Å². The van der Waals surface area contributed by atoms with E-state index >= 15 is 0 Å².